The van der Waals surface area contributed by atoms with Crippen LogP contribution in [0.15, 0.2) is 17.1 Å². The van der Waals surface area contributed by atoms with E-state index in [0.29, 0.717) is 5.92 Å². The SMILES string of the molecule is CCCCCCCC/C=C\CCCCCCC(C)C1=NCCN1. The van der Waals surface area contributed by atoms with Gasteiger partial charge in [-0.25, -0.2) is 0 Å². The number of unbranched alkanes of at least 4 members (excludes halogenated alkanes) is 10. The fraction of sp³-hybridized carbons (Fsp3) is 0.857. The normalized spacial score (nSPS) is 15.8. The van der Waals surface area contributed by atoms with E-state index in [4.69, 9.17) is 0 Å². The number of hydrogen-bond acceptors (Lipinski definition) is 2. The van der Waals surface area contributed by atoms with Gasteiger partial charge in [0.1, 0.15) is 0 Å². The molecule has 1 heterocycles. The van der Waals surface area contributed by atoms with Crippen LogP contribution in [0.2, 0.25) is 0 Å². The van der Waals surface area contributed by atoms with Crippen LogP contribution in [-0.4, -0.2) is 18.9 Å². The minimum Gasteiger partial charge on any atom is -0.372 e. The van der Waals surface area contributed by atoms with Gasteiger partial charge in [-0.3, -0.25) is 4.99 Å². The first-order valence-corrected chi connectivity index (χ1v) is 10.3. The van der Waals surface area contributed by atoms with Gasteiger partial charge in [0.15, 0.2) is 0 Å². The van der Waals surface area contributed by atoms with Gasteiger partial charge in [-0.15, -0.1) is 0 Å². The standard InChI is InChI=1S/C21H40N2/c1-3-4-5-6-7-8-9-10-11-12-13-14-15-16-17-20(2)21-22-18-19-23-21/h10-11,20H,3-9,12-19H2,1-2H3,(H,22,23)/b11-10-. The molecular formula is C21H40N2. The van der Waals surface area contributed by atoms with E-state index in [1.807, 2.05) is 0 Å². The lowest BCUT2D eigenvalue weighted by atomic mass is 10.0. The summed E-state index contributed by atoms with van der Waals surface area (Å²) >= 11 is 0. The third-order valence-corrected chi connectivity index (χ3v) is 4.82. The molecule has 2 heteroatoms. The fourth-order valence-electron chi connectivity index (χ4n) is 3.23. The van der Waals surface area contributed by atoms with Gasteiger partial charge in [0.2, 0.25) is 0 Å². The molecule has 0 aromatic carbocycles. The van der Waals surface area contributed by atoms with Gasteiger partial charge in [-0.1, -0.05) is 77.4 Å². The predicted molar refractivity (Wildman–Crippen MR) is 104 cm³/mol. The minimum absolute atomic E-state index is 0.634. The lowest BCUT2D eigenvalue weighted by molar-refractivity contribution is 0.566. The zero-order valence-corrected chi connectivity index (χ0v) is 15.8. The second kappa shape index (κ2) is 14.8. The van der Waals surface area contributed by atoms with E-state index >= 15 is 0 Å². The number of rotatable bonds is 15. The summed E-state index contributed by atoms with van der Waals surface area (Å²) in [4.78, 5) is 4.52. The number of allylic oxidation sites excluding steroid dienone is 2. The van der Waals surface area contributed by atoms with Crippen LogP contribution in [-0.2, 0) is 0 Å². The number of nitrogens with zero attached hydrogens (tertiary/aromatic N) is 1. The first kappa shape index (κ1) is 20.3. The Hall–Kier alpha value is -0.790. The molecule has 1 N–H and O–H groups in total. The highest BCUT2D eigenvalue weighted by atomic mass is 15.1. The van der Waals surface area contributed by atoms with Crippen molar-refractivity contribution in [3.05, 3.63) is 12.2 Å². The van der Waals surface area contributed by atoms with Crippen LogP contribution in [0.25, 0.3) is 0 Å². The smallest absolute Gasteiger partial charge is 0.0993 e. The molecule has 0 spiro atoms. The van der Waals surface area contributed by atoms with E-state index < -0.39 is 0 Å². The maximum atomic E-state index is 4.52. The lowest BCUT2D eigenvalue weighted by Gasteiger charge is -2.11. The van der Waals surface area contributed by atoms with Gasteiger partial charge >= 0.3 is 0 Å². The lowest BCUT2D eigenvalue weighted by Crippen LogP contribution is -2.25. The van der Waals surface area contributed by atoms with Crippen LogP contribution >= 0.6 is 0 Å². The largest absolute Gasteiger partial charge is 0.372 e. The molecular weight excluding hydrogens is 280 g/mol. The Kier molecular flexibility index (Phi) is 13.0. The molecule has 0 radical (unpaired) electrons. The zero-order chi connectivity index (χ0) is 16.6. The summed E-state index contributed by atoms with van der Waals surface area (Å²) in [5, 5.41) is 3.40. The molecule has 0 aromatic heterocycles. The van der Waals surface area contributed by atoms with Crippen molar-refractivity contribution >= 4 is 5.84 Å². The molecule has 2 nitrogen and oxygen atoms in total. The van der Waals surface area contributed by atoms with E-state index in [-0.39, 0.29) is 0 Å². The molecule has 1 rings (SSSR count). The van der Waals surface area contributed by atoms with Crippen LogP contribution in [0.4, 0.5) is 0 Å². The Morgan fingerprint density at radius 3 is 2.13 bits per heavy atom. The van der Waals surface area contributed by atoms with Crippen molar-refractivity contribution in [3.63, 3.8) is 0 Å². The predicted octanol–water partition coefficient (Wildman–Crippen LogP) is 6.27. The highest BCUT2D eigenvalue weighted by Gasteiger charge is 2.12. The summed E-state index contributed by atoms with van der Waals surface area (Å²) in [6.45, 7) is 6.61. The number of nitrogens with one attached hydrogen (secondary N) is 1. The third kappa shape index (κ3) is 11.4. The van der Waals surface area contributed by atoms with Crippen LogP contribution in [0.3, 0.4) is 0 Å². The van der Waals surface area contributed by atoms with Gasteiger partial charge in [0.25, 0.3) is 0 Å². The van der Waals surface area contributed by atoms with Crippen molar-refractivity contribution < 1.29 is 0 Å². The first-order valence-electron chi connectivity index (χ1n) is 10.3. The van der Waals surface area contributed by atoms with Gasteiger partial charge < -0.3 is 5.32 Å². The average molecular weight is 321 g/mol. The maximum absolute atomic E-state index is 4.52. The van der Waals surface area contributed by atoms with Crippen molar-refractivity contribution in [2.75, 3.05) is 13.1 Å². The summed E-state index contributed by atoms with van der Waals surface area (Å²) in [5.41, 5.74) is 0. The van der Waals surface area contributed by atoms with E-state index in [1.54, 1.807) is 0 Å². The number of hydrogen-bond donors (Lipinski definition) is 1. The molecule has 0 saturated heterocycles. The van der Waals surface area contributed by atoms with Crippen molar-refractivity contribution in [3.8, 4) is 0 Å². The van der Waals surface area contributed by atoms with Gasteiger partial charge in [-0.05, 0) is 32.1 Å². The summed E-state index contributed by atoms with van der Waals surface area (Å²) in [6, 6.07) is 0. The molecule has 0 fully saturated rings. The Bertz CT molecular complexity index is 320. The molecule has 0 aromatic rings. The van der Waals surface area contributed by atoms with E-state index in [0.717, 1.165) is 13.1 Å². The van der Waals surface area contributed by atoms with Crippen LogP contribution in [0, 0.1) is 5.92 Å². The summed E-state index contributed by atoms with van der Waals surface area (Å²) in [6.07, 6.45) is 22.6. The molecule has 1 unspecified atom stereocenters. The fourth-order valence-corrected chi connectivity index (χ4v) is 3.23. The van der Waals surface area contributed by atoms with E-state index in [9.17, 15) is 0 Å². The molecule has 1 atom stereocenters. The number of amidine groups is 1. The minimum atomic E-state index is 0.634. The molecule has 0 saturated carbocycles. The zero-order valence-electron chi connectivity index (χ0n) is 15.8. The molecule has 0 amide bonds. The number of aliphatic imine (C=N–C) groups is 1. The molecule has 134 valence electrons. The molecule has 0 aliphatic carbocycles. The van der Waals surface area contributed by atoms with Gasteiger partial charge in [0, 0.05) is 12.5 Å². The van der Waals surface area contributed by atoms with Gasteiger partial charge in [-0.2, -0.15) is 0 Å². The molecule has 0 bridgehead atoms. The second-order valence-corrected chi connectivity index (χ2v) is 7.11. The summed E-state index contributed by atoms with van der Waals surface area (Å²) < 4.78 is 0. The van der Waals surface area contributed by atoms with E-state index in [2.05, 4.69) is 36.3 Å². The van der Waals surface area contributed by atoms with Crippen molar-refractivity contribution in [2.45, 2.75) is 97.3 Å². The first-order chi connectivity index (χ1) is 11.3. The van der Waals surface area contributed by atoms with Crippen molar-refractivity contribution in [2.24, 2.45) is 10.9 Å². The molecule has 1 aliphatic rings. The Labute approximate surface area is 145 Å². The summed E-state index contributed by atoms with van der Waals surface area (Å²) in [5.74, 6) is 1.89. The quantitative estimate of drug-likeness (QED) is 0.279. The Morgan fingerprint density at radius 1 is 0.913 bits per heavy atom. The Balaban J connectivity index is 1.79. The third-order valence-electron chi connectivity index (χ3n) is 4.82. The molecule has 1 aliphatic heterocycles. The average Bonchev–Trinajstić information content (AvgIpc) is 3.09. The van der Waals surface area contributed by atoms with Gasteiger partial charge in [0.05, 0.1) is 12.4 Å². The Morgan fingerprint density at radius 2 is 1.52 bits per heavy atom. The van der Waals surface area contributed by atoms with E-state index in [1.165, 1.54) is 89.3 Å². The topological polar surface area (TPSA) is 24.4 Å². The highest BCUT2D eigenvalue weighted by Crippen LogP contribution is 2.14. The second-order valence-electron chi connectivity index (χ2n) is 7.11. The highest BCUT2D eigenvalue weighted by molar-refractivity contribution is 5.85. The van der Waals surface area contributed by atoms with Crippen LogP contribution < -0.4 is 5.32 Å². The monoisotopic (exact) mass is 320 g/mol. The van der Waals surface area contributed by atoms with Crippen LogP contribution in [0.5, 0.6) is 0 Å². The maximum Gasteiger partial charge on any atom is 0.0993 e. The summed E-state index contributed by atoms with van der Waals surface area (Å²) in [7, 11) is 0. The van der Waals surface area contributed by atoms with Crippen molar-refractivity contribution in [1.29, 1.82) is 0 Å². The molecule has 23 heavy (non-hydrogen) atoms. The van der Waals surface area contributed by atoms with Crippen LogP contribution in [0.1, 0.15) is 97.3 Å². The van der Waals surface area contributed by atoms with Crippen molar-refractivity contribution in [1.82, 2.24) is 5.32 Å².